The molecule has 218 valence electrons. The maximum atomic E-state index is 12.7. The van der Waals surface area contributed by atoms with Gasteiger partial charge in [-0.25, -0.2) is 9.69 Å². The van der Waals surface area contributed by atoms with Crippen molar-refractivity contribution < 1.29 is 34.1 Å². The monoisotopic (exact) mass is 578 g/mol. The fraction of sp³-hybridized carbons (Fsp3) is 0.206. The van der Waals surface area contributed by atoms with Crippen LogP contribution in [0.2, 0.25) is 0 Å². The van der Waals surface area contributed by atoms with Crippen LogP contribution in [0, 0.1) is 0 Å². The number of aliphatic hydroxyl groups excluding tert-OH is 1. The van der Waals surface area contributed by atoms with Gasteiger partial charge in [0, 0.05) is 13.1 Å². The number of hydrogen-bond acceptors (Lipinski definition) is 7. The fourth-order valence-electron chi connectivity index (χ4n) is 5.35. The van der Waals surface area contributed by atoms with Crippen molar-refractivity contribution in [1.29, 1.82) is 0 Å². The Morgan fingerprint density at radius 3 is 2.28 bits per heavy atom. The van der Waals surface area contributed by atoms with E-state index in [0.29, 0.717) is 35.7 Å². The van der Waals surface area contributed by atoms with E-state index < -0.39 is 12.1 Å². The van der Waals surface area contributed by atoms with E-state index in [1.54, 1.807) is 60.7 Å². The van der Waals surface area contributed by atoms with Crippen LogP contribution in [0.3, 0.4) is 0 Å². The van der Waals surface area contributed by atoms with Crippen LogP contribution in [0.1, 0.15) is 43.1 Å². The van der Waals surface area contributed by atoms with E-state index >= 15 is 0 Å². The highest BCUT2D eigenvalue weighted by Crippen LogP contribution is 2.32. The van der Waals surface area contributed by atoms with E-state index in [9.17, 15) is 19.5 Å². The molecule has 2 amide bonds. The Labute approximate surface area is 248 Å². The largest absolute Gasteiger partial charge is 0.491 e. The van der Waals surface area contributed by atoms with Crippen LogP contribution in [-0.2, 0) is 6.42 Å². The molecule has 0 bridgehead atoms. The second kappa shape index (κ2) is 12.1. The van der Waals surface area contributed by atoms with Gasteiger partial charge in [-0.1, -0.05) is 30.3 Å². The number of rotatable bonds is 10. The number of aliphatic hydroxyl groups is 1. The lowest BCUT2D eigenvalue weighted by Crippen LogP contribution is -2.39. The summed E-state index contributed by atoms with van der Waals surface area (Å²) in [5.41, 5.74) is 4.57. The van der Waals surface area contributed by atoms with E-state index in [0.717, 1.165) is 40.2 Å². The van der Waals surface area contributed by atoms with Crippen molar-refractivity contribution in [3.8, 4) is 22.6 Å². The van der Waals surface area contributed by atoms with Gasteiger partial charge in [0.05, 0.1) is 22.4 Å². The number of amides is 2. The average molecular weight is 579 g/mol. The smallest absolute Gasteiger partial charge is 0.335 e. The van der Waals surface area contributed by atoms with Crippen LogP contribution < -0.4 is 19.7 Å². The summed E-state index contributed by atoms with van der Waals surface area (Å²) in [6, 6.07) is 26.2. The lowest BCUT2D eigenvalue weighted by molar-refractivity contribution is 0.0696. The first-order chi connectivity index (χ1) is 20.9. The fourth-order valence-corrected chi connectivity index (χ4v) is 5.35. The van der Waals surface area contributed by atoms with Gasteiger partial charge in [0.1, 0.15) is 30.3 Å². The first-order valence-corrected chi connectivity index (χ1v) is 14.1. The third-order valence-corrected chi connectivity index (χ3v) is 7.64. The molecular weight excluding hydrogens is 548 g/mol. The number of imide groups is 1. The number of benzene rings is 4. The van der Waals surface area contributed by atoms with Crippen molar-refractivity contribution >= 4 is 23.5 Å². The van der Waals surface area contributed by atoms with E-state index in [2.05, 4.69) is 11.4 Å². The van der Waals surface area contributed by atoms with Gasteiger partial charge in [0.15, 0.2) is 0 Å². The van der Waals surface area contributed by atoms with Gasteiger partial charge in [-0.05, 0) is 90.2 Å². The zero-order valence-electron chi connectivity index (χ0n) is 23.2. The highest BCUT2D eigenvalue weighted by Gasteiger charge is 2.36. The molecule has 3 N–H and O–H groups in total. The number of aryl methyl sites for hydroxylation is 1. The predicted octanol–water partition coefficient (Wildman–Crippen LogP) is 4.58. The molecule has 4 aromatic carbocycles. The van der Waals surface area contributed by atoms with Crippen LogP contribution in [0.25, 0.3) is 11.1 Å². The molecule has 9 heteroatoms. The first kappa shape index (κ1) is 28.1. The second-order valence-electron chi connectivity index (χ2n) is 10.6. The lowest BCUT2D eigenvalue weighted by atomic mass is 9.96. The maximum Gasteiger partial charge on any atom is 0.335 e. The maximum absolute atomic E-state index is 12.7. The Morgan fingerprint density at radius 1 is 0.930 bits per heavy atom. The Morgan fingerprint density at radius 2 is 1.60 bits per heavy atom. The molecular formula is C34H30N2O7. The summed E-state index contributed by atoms with van der Waals surface area (Å²) in [5, 5.41) is 22.8. The van der Waals surface area contributed by atoms with E-state index in [1.165, 1.54) is 0 Å². The Hall–Kier alpha value is -4.99. The molecule has 2 atom stereocenters. The number of aromatic carboxylic acids is 1. The van der Waals surface area contributed by atoms with Gasteiger partial charge < -0.3 is 25.0 Å². The minimum Gasteiger partial charge on any atom is -0.491 e. The van der Waals surface area contributed by atoms with Gasteiger partial charge in [0.2, 0.25) is 0 Å². The number of carboxylic acid groups (broad SMARTS) is 1. The van der Waals surface area contributed by atoms with Crippen molar-refractivity contribution in [3.05, 3.63) is 113 Å². The zero-order chi connectivity index (χ0) is 29.9. The molecule has 0 aromatic heterocycles. The molecule has 0 aliphatic carbocycles. The molecule has 43 heavy (non-hydrogen) atoms. The zero-order valence-corrected chi connectivity index (χ0v) is 23.2. The molecule has 6 rings (SSSR count). The van der Waals surface area contributed by atoms with E-state index in [4.69, 9.17) is 14.6 Å². The topological polar surface area (TPSA) is 125 Å². The van der Waals surface area contributed by atoms with Crippen LogP contribution in [-0.4, -0.2) is 59.9 Å². The third kappa shape index (κ3) is 5.99. The Kier molecular flexibility index (Phi) is 7.91. The van der Waals surface area contributed by atoms with Crippen LogP contribution >= 0.6 is 0 Å². The summed E-state index contributed by atoms with van der Waals surface area (Å²) < 4.78 is 11.9. The number of nitrogens with zero attached hydrogens (tertiary/aromatic N) is 1. The Bertz CT molecular complexity index is 1630. The average Bonchev–Trinajstić information content (AvgIpc) is 3.29. The summed E-state index contributed by atoms with van der Waals surface area (Å²) >= 11 is 0. The molecule has 0 saturated heterocycles. The van der Waals surface area contributed by atoms with Crippen molar-refractivity contribution in [1.82, 2.24) is 5.32 Å². The van der Waals surface area contributed by atoms with Crippen LogP contribution in [0.15, 0.2) is 91.0 Å². The molecule has 2 aliphatic rings. The summed E-state index contributed by atoms with van der Waals surface area (Å²) in [6.07, 6.45) is 0.899. The van der Waals surface area contributed by atoms with E-state index in [-0.39, 0.29) is 30.1 Å². The highest BCUT2D eigenvalue weighted by atomic mass is 16.5. The summed E-state index contributed by atoms with van der Waals surface area (Å²) in [7, 11) is 0. The van der Waals surface area contributed by atoms with Gasteiger partial charge in [-0.2, -0.15) is 0 Å². The molecule has 0 saturated carbocycles. The van der Waals surface area contributed by atoms with Gasteiger partial charge in [-0.15, -0.1) is 0 Å². The number of hydrogen-bond donors (Lipinski definition) is 3. The van der Waals surface area contributed by atoms with Gasteiger partial charge in [0.25, 0.3) is 11.8 Å². The summed E-state index contributed by atoms with van der Waals surface area (Å²) in [6.45, 7) is 0.971. The minimum atomic E-state index is -0.945. The summed E-state index contributed by atoms with van der Waals surface area (Å²) in [5.74, 6) is -0.299. The number of ether oxygens (including phenoxy) is 2. The minimum absolute atomic E-state index is 0.0315. The lowest BCUT2D eigenvalue weighted by Gasteiger charge is -2.27. The number of nitrogens with one attached hydrogen (secondary N) is 1. The SMILES string of the molecule is O=C(O)c1ccc(-c2ccc3c(c2)CCC(CNCC(O)COc2ccc(N4C(=O)c5ccccc5C4=O)cc2)O3)cc1. The van der Waals surface area contributed by atoms with Crippen molar-refractivity contribution in [3.63, 3.8) is 0 Å². The molecule has 0 spiro atoms. The quantitative estimate of drug-likeness (QED) is 0.234. The molecule has 2 heterocycles. The van der Waals surface area contributed by atoms with Crippen LogP contribution in [0.5, 0.6) is 11.5 Å². The van der Waals surface area contributed by atoms with Crippen molar-refractivity contribution in [2.45, 2.75) is 25.0 Å². The van der Waals surface area contributed by atoms with Crippen LogP contribution in [0.4, 0.5) is 5.69 Å². The molecule has 2 unspecified atom stereocenters. The molecule has 4 aromatic rings. The van der Waals surface area contributed by atoms with Gasteiger partial charge in [-0.3, -0.25) is 9.59 Å². The third-order valence-electron chi connectivity index (χ3n) is 7.64. The van der Waals surface area contributed by atoms with E-state index in [1.807, 2.05) is 24.3 Å². The number of fused-ring (bicyclic) bond motifs is 2. The molecule has 2 aliphatic heterocycles. The van der Waals surface area contributed by atoms with Crippen molar-refractivity contribution in [2.75, 3.05) is 24.6 Å². The standard InChI is InChI=1S/C34H30N2O7/c37-26(20-42-27-14-11-25(12-15-27)36-32(38)29-3-1-2-4-30(29)33(36)39)18-35-19-28-13-9-24-17-23(10-16-31(24)43-28)21-5-7-22(8-6-21)34(40)41/h1-8,10-12,14-17,26,28,35,37H,9,13,18-20H2,(H,40,41). The number of carbonyl (C=O) groups is 3. The second-order valence-corrected chi connectivity index (χ2v) is 10.6. The molecule has 9 nitrogen and oxygen atoms in total. The first-order valence-electron chi connectivity index (χ1n) is 14.1. The van der Waals surface area contributed by atoms with Gasteiger partial charge >= 0.3 is 5.97 Å². The normalized spacial score (nSPS) is 16.3. The predicted molar refractivity (Wildman–Crippen MR) is 160 cm³/mol. The number of carboxylic acids is 1. The molecule has 0 fully saturated rings. The Balaban J connectivity index is 0.947. The number of carbonyl (C=O) groups excluding carboxylic acids is 2. The molecule has 0 radical (unpaired) electrons. The van der Waals surface area contributed by atoms with Crippen molar-refractivity contribution in [2.24, 2.45) is 0 Å². The summed E-state index contributed by atoms with van der Waals surface area (Å²) in [4.78, 5) is 37.6. The number of anilines is 1. The highest BCUT2D eigenvalue weighted by molar-refractivity contribution is 6.34.